The predicted molar refractivity (Wildman–Crippen MR) is 73.7 cm³/mol. The molecule has 144 valence electrons. The number of hydrogen-bond donors (Lipinski definition) is 0. The minimum absolute atomic E-state index is 0.0339. The maximum absolute atomic E-state index is 12.9. The Labute approximate surface area is 141 Å². The van der Waals surface area contributed by atoms with Crippen molar-refractivity contribution < 1.29 is 48.7 Å². The van der Waals surface area contributed by atoms with Crippen LogP contribution < -0.4 is 0 Å². The third-order valence-electron chi connectivity index (χ3n) is 2.43. The van der Waals surface area contributed by atoms with Crippen molar-refractivity contribution in [3.8, 4) is 0 Å². The van der Waals surface area contributed by atoms with Gasteiger partial charge in [0.2, 0.25) is 0 Å². The van der Waals surface area contributed by atoms with Crippen molar-refractivity contribution in [1.29, 1.82) is 0 Å². The summed E-state index contributed by atoms with van der Waals surface area (Å²) in [6.07, 6.45) is -8.35. The summed E-state index contributed by atoms with van der Waals surface area (Å²) in [5.41, 5.74) is 0. The zero-order chi connectivity index (χ0) is 19.3. The molecule has 0 fully saturated rings. The van der Waals surface area contributed by atoms with Gasteiger partial charge in [0.15, 0.2) is 0 Å². The third kappa shape index (κ3) is 7.12. The molecule has 0 aliphatic carbocycles. The Bertz CT molecular complexity index is 559. The molecule has 1 rings (SSSR count). The highest BCUT2D eigenvalue weighted by Gasteiger charge is 2.47. The second kappa shape index (κ2) is 8.70. The predicted octanol–water partition coefficient (Wildman–Crippen LogP) is 5.72. The van der Waals surface area contributed by atoms with E-state index in [2.05, 4.69) is 9.05 Å². The van der Waals surface area contributed by atoms with E-state index in [1.807, 2.05) is 0 Å². The van der Waals surface area contributed by atoms with E-state index in [1.54, 1.807) is 0 Å². The summed E-state index contributed by atoms with van der Waals surface area (Å²) in [6.45, 7) is -9.14. The van der Waals surface area contributed by atoms with Crippen LogP contribution in [0.4, 0.5) is 35.1 Å². The SMILES string of the molecule is O=P(OCC(F)(F)C(F)F)(OCC(F)(F)C(F)F)Sc1ccccc1. The van der Waals surface area contributed by atoms with Gasteiger partial charge in [0.25, 0.3) is 0 Å². The fourth-order valence-corrected chi connectivity index (χ4v) is 4.31. The fourth-order valence-electron chi connectivity index (χ4n) is 1.16. The fraction of sp³-hybridized carbons (Fsp3) is 0.500. The standard InChI is InChI=1S/C12H11F8O3PS/c13-9(14)11(17,18)6-22-24(21,23-7-12(19,20)10(15)16)25-8-4-2-1-3-5-8/h1-5,9-10H,6-7H2. The average Bonchev–Trinajstić information content (AvgIpc) is 2.52. The number of rotatable bonds is 10. The van der Waals surface area contributed by atoms with Gasteiger partial charge in [0, 0.05) is 4.90 Å². The van der Waals surface area contributed by atoms with Gasteiger partial charge >= 0.3 is 31.5 Å². The van der Waals surface area contributed by atoms with Crippen LogP contribution in [0.3, 0.4) is 0 Å². The molecule has 0 heterocycles. The lowest BCUT2D eigenvalue weighted by molar-refractivity contribution is -0.157. The first-order valence-corrected chi connectivity index (χ1v) is 9.30. The van der Waals surface area contributed by atoms with Gasteiger partial charge < -0.3 is 0 Å². The Morgan fingerprint density at radius 1 is 0.880 bits per heavy atom. The monoisotopic (exact) mass is 418 g/mol. The molecule has 25 heavy (non-hydrogen) atoms. The Morgan fingerprint density at radius 3 is 1.64 bits per heavy atom. The molecule has 0 aromatic heterocycles. The van der Waals surface area contributed by atoms with Crippen LogP contribution in [0, 0.1) is 0 Å². The maximum Gasteiger partial charge on any atom is 0.394 e. The minimum atomic E-state index is -4.92. The summed E-state index contributed by atoms with van der Waals surface area (Å²) < 4.78 is 121. The molecular formula is C12H11F8O3PS. The molecule has 0 bridgehead atoms. The van der Waals surface area contributed by atoms with Crippen LogP contribution in [0.2, 0.25) is 0 Å². The Balaban J connectivity index is 2.91. The molecule has 1 aromatic rings. The van der Waals surface area contributed by atoms with Gasteiger partial charge in [0.05, 0.1) is 0 Å². The van der Waals surface area contributed by atoms with E-state index < -0.39 is 44.7 Å². The molecule has 0 radical (unpaired) electrons. The molecule has 0 N–H and O–H groups in total. The molecule has 3 nitrogen and oxygen atoms in total. The lowest BCUT2D eigenvalue weighted by Crippen LogP contribution is -2.33. The molecule has 0 amide bonds. The second-order valence-corrected chi connectivity index (χ2v) is 8.48. The van der Waals surface area contributed by atoms with Crippen molar-refractivity contribution in [3.05, 3.63) is 30.3 Å². The molecular weight excluding hydrogens is 407 g/mol. The Hall–Kier alpha value is -0.840. The summed E-state index contributed by atoms with van der Waals surface area (Å²) in [5.74, 6) is -9.47. The summed E-state index contributed by atoms with van der Waals surface area (Å²) in [4.78, 5) is 0.0339. The van der Waals surface area contributed by atoms with Crippen LogP contribution in [0.25, 0.3) is 0 Å². The zero-order valence-electron chi connectivity index (χ0n) is 12.1. The van der Waals surface area contributed by atoms with E-state index in [-0.39, 0.29) is 16.3 Å². The van der Waals surface area contributed by atoms with Gasteiger partial charge in [-0.25, -0.2) is 22.1 Å². The van der Waals surface area contributed by atoms with Gasteiger partial charge in [-0.1, -0.05) is 18.2 Å². The van der Waals surface area contributed by atoms with Crippen molar-refractivity contribution >= 4 is 18.2 Å². The summed E-state index contributed by atoms with van der Waals surface area (Å²) >= 11 is 0.0505. The lowest BCUT2D eigenvalue weighted by atomic mass is 10.4. The van der Waals surface area contributed by atoms with Crippen molar-refractivity contribution in [2.24, 2.45) is 0 Å². The quantitative estimate of drug-likeness (QED) is 0.360. The molecule has 13 heteroatoms. The maximum atomic E-state index is 12.9. The van der Waals surface area contributed by atoms with Crippen LogP contribution >= 0.6 is 18.2 Å². The number of hydrogen-bond acceptors (Lipinski definition) is 4. The van der Waals surface area contributed by atoms with Gasteiger partial charge in [-0.05, 0) is 23.5 Å². The van der Waals surface area contributed by atoms with E-state index in [9.17, 15) is 39.7 Å². The number of alkyl halides is 8. The van der Waals surface area contributed by atoms with Gasteiger partial charge in [0.1, 0.15) is 13.2 Å². The van der Waals surface area contributed by atoms with E-state index >= 15 is 0 Å². The van der Waals surface area contributed by atoms with Gasteiger partial charge in [-0.15, -0.1) is 0 Å². The summed E-state index contributed by atoms with van der Waals surface area (Å²) in [7, 11) is 0. The molecule has 0 saturated heterocycles. The van der Waals surface area contributed by atoms with E-state index in [1.165, 1.54) is 30.3 Å². The number of benzene rings is 1. The molecule has 0 aliphatic rings. The Morgan fingerprint density at radius 2 is 1.28 bits per heavy atom. The minimum Gasteiger partial charge on any atom is -0.294 e. The van der Waals surface area contributed by atoms with E-state index in [0.717, 1.165) is 0 Å². The van der Waals surface area contributed by atoms with Crippen molar-refractivity contribution in [3.63, 3.8) is 0 Å². The first kappa shape index (κ1) is 22.2. The highest BCUT2D eigenvalue weighted by atomic mass is 32.7. The molecule has 1 aromatic carbocycles. The van der Waals surface area contributed by atoms with Crippen LogP contribution in [0.15, 0.2) is 35.2 Å². The topological polar surface area (TPSA) is 35.5 Å². The smallest absolute Gasteiger partial charge is 0.294 e. The lowest BCUT2D eigenvalue weighted by Gasteiger charge is -2.23. The Kier molecular flexibility index (Phi) is 7.72. The molecule has 0 atom stereocenters. The number of halogens is 8. The normalized spacial score (nSPS) is 13.7. The zero-order valence-corrected chi connectivity index (χ0v) is 13.8. The molecule has 0 unspecified atom stereocenters. The summed E-state index contributed by atoms with van der Waals surface area (Å²) in [5, 5.41) is 0. The highest BCUT2D eigenvalue weighted by molar-refractivity contribution is 8.55. The van der Waals surface area contributed by atoms with Crippen LogP contribution in [0.1, 0.15) is 0 Å². The van der Waals surface area contributed by atoms with Crippen molar-refractivity contribution in [1.82, 2.24) is 0 Å². The highest BCUT2D eigenvalue weighted by Crippen LogP contribution is 2.64. The van der Waals surface area contributed by atoms with Gasteiger partial charge in [-0.3, -0.25) is 9.05 Å². The van der Waals surface area contributed by atoms with Crippen LogP contribution in [-0.4, -0.2) is 37.9 Å². The van der Waals surface area contributed by atoms with Crippen molar-refractivity contribution in [2.75, 3.05) is 13.2 Å². The first-order chi connectivity index (χ1) is 11.4. The molecule has 0 spiro atoms. The van der Waals surface area contributed by atoms with E-state index in [4.69, 9.17) is 0 Å². The average molecular weight is 418 g/mol. The van der Waals surface area contributed by atoms with Crippen LogP contribution in [-0.2, 0) is 13.6 Å². The summed E-state index contributed by atoms with van der Waals surface area (Å²) in [6, 6.07) is 6.83. The van der Waals surface area contributed by atoms with E-state index in [0.29, 0.717) is 0 Å². The van der Waals surface area contributed by atoms with Crippen LogP contribution in [0.5, 0.6) is 0 Å². The molecule has 0 aliphatic heterocycles. The largest absolute Gasteiger partial charge is 0.394 e. The second-order valence-electron chi connectivity index (χ2n) is 4.52. The molecule has 0 saturated carbocycles. The van der Waals surface area contributed by atoms with Gasteiger partial charge in [-0.2, -0.15) is 17.6 Å². The third-order valence-corrected chi connectivity index (χ3v) is 5.96. The van der Waals surface area contributed by atoms with Crippen molar-refractivity contribution in [2.45, 2.75) is 29.6 Å². The first-order valence-electron chi connectivity index (χ1n) is 6.34.